The van der Waals surface area contributed by atoms with Crippen LogP contribution in [0.1, 0.15) is 19.0 Å². The molecule has 0 aromatic carbocycles. The van der Waals surface area contributed by atoms with Crippen molar-refractivity contribution in [2.24, 2.45) is 0 Å². The van der Waals surface area contributed by atoms with E-state index in [1.807, 2.05) is 6.92 Å². The molecule has 0 saturated carbocycles. The average molecular weight is 305 g/mol. The Morgan fingerprint density at radius 3 is 2.81 bits per heavy atom. The number of hydrogen-bond donors (Lipinski definition) is 1. The van der Waals surface area contributed by atoms with E-state index in [-0.39, 0.29) is 16.8 Å². The SMILES string of the molecule is C=C(/C=C\C(=O)N(C)CC#CCC)c1ccc(O)c(Cl)n1. The normalized spacial score (nSPS) is 10.0. The summed E-state index contributed by atoms with van der Waals surface area (Å²) in [5, 5.41) is 9.30. The molecule has 0 aliphatic rings. The van der Waals surface area contributed by atoms with E-state index in [1.54, 1.807) is 19.2 Å². The van der Waals surface area contributed by atoms with Gasteiger partial charge in [-0.15, -0.1) is 5.92 Å². The van der Waals surface area contributed by atoms with E-state index in [9.17, 15) is 9.90 Å². The molecule has 5 heteroatoms. The Bertz CT molecular complexity index is 627. The van der Waals surface area contributed by atoms with Gasteiger partial charge in [0.1, 0.15) is 0 Å². The van der Waals surface area contributed by atoms with Gasteiger partial charge < -0.3 is 10.0 Å². The third-order valence-corrected chi connectivity index (χ3v) is 2.86. The maximum Gasteiger partial charge on any atom is 0.247 e. The number of hydrogen-bond acceptors (Lipinski definition) is 3. The number of pyridine rings is 1. The molecule has 0 atom stereocenters. The van der Waals surface area contributed by atoms with Crippen LogP contribution >= 0.6 is 11.6 Å². The van der Waals surface area contributed by atoms with E-state index in [0.29, 0.717) is 17.8 Å². The predicted octanol–water partition coefficient (Wildman–Crippen LogP) is 2.88. The molecule has 0 aliphatic heterocycles. The lowest BCUT2D eigenvalue weighted by Gasteiger charge is -2.10. The van der Waals surface area contributed by atoms with Gasteiger partial charge in [-0.25, -0.2) is 4.98 Å². The minimum absolute atomic E-state index is 0.000310. The lowest BCUT2D eigenvalue weighted by atomic mass is 10.2. The predicted molar refractivity (Wildman–Crippen MR) is 84.8 cm³/mol. The molecule has 0 bridgehead atoms. The smallest absolute Gasteiger partial charge is 0.247 e. The molecule has 1 aromatic rings. The summed E-state index contributed by atoms with van der Waals surface area (Å²) in [4.78, 5) is 17.3. The second-order valence-electron chi connectivity index (χ2n) is 4.27. The van der Waals surface area contributed by atoms with E-state index in [0.717, 1.165) is 6.42 Å². The number of carbonyl (C=O) groups is 1. The van der Waals surface area contributed by atoms with Crippen LogP contribution in [0, 0.1) is 11.8 Å². The summed E-state index contributed by atoms with van der Waals surface area (Å²) >= 11 is 5.73. The highest BCUT2D eigenvalue weighted by Crippen LogP contribution is 2.23. The molecule has 0 fully saturated rings. The fourth-order valence-electron chi connectivity index (χ4n) is 1.37. The number of allylic oxidation sites excluding steroid dienone is 2. The molecule has 1 aromatic heterocycles. The van der Waals surface area contributed by atoms with Crippen LogP contribution in [0.25, 0.3) is 5.57 Å². The molecule has 110 valence electrons. The Morgan fingerprint density at radius 2 is 2.19 bits per heavy atom. The van der Waals surface area contributed by atoms with Crippen LogP contribution in [0.4, 0.5) is 0 Å². The molecular weight excluding hydrogens is 288 g/mol. The summed E-state index contributed by atoms with van der Waals surface area (Å²) in [6, 6.07) is 3.01. The molecule has 21 heavy (non-hydrogen) atoms. The summed E-state index contributed by atoms with van der Waals surface area (Å²) in [7, 11) is 1.68. The van der Waals surface area contributed by atoms with Crippen LogP contribution in [0.15, 0.2) is 30.9 Å². The maximum absolute atomic E-state index is 11.8. The monoisotopic (exact) mass is 304 g/mol. The number of halogens is 1. The summed E-state index contributed by atoms with van der Waals surface area (Å²) in [5.74, 6) is 5.52. The van der Waals surface area contributed by atoms with Crippen LogP contribution in [-0.4, -0.2) is 34.5 Å². The first-order valence-electron chi connectivity index (χ1n) is 6.39. The van der Waals surface area contributed by atoms with E-state index in [1.165, 1.54) is 17.0 Å². The van der Waals surface area contributed by atoms with E-state index < -0.39 is 0 Å². The third-order valence-electron chi connectivity index (χ3n) is 2.58. The minimum Gasteiger partial charge on any atom is -0.505 e. The molecule has 1 heterocycles. The molecule has 4 nitrogen and oxygen atoms in total. The van der Waals surface area contributed by atoms with Gasteiger partial charge in [-0.3, -0.25) is 4.79 Å². The third kappa shape index (κ3) is 5.33. The van der Waals surface area contributed by atoms with Crippen molar-refractivity contribution in [2.45, 2.75) is 13.3 Å². The van der Waals surface area contributed by atoms with Crippen LogP contribution in [0.3, 0.4) is 0 Å². The van der Waals surface area contributed by atoms with Crippen molar-refractivity contribution in [2.75, 3.05) is 13.6 Å². The second-order valence-corrected chi connectivity index (χ2v) is 4.62. The molecule has 1 amide bonds. The van der Waals surface area contributed by atoms with Crippen molar-refractivity contribution < 1.29 is 9.90 Å². The summed E-state index contributed by atoms with van der Waals surface area (Å²) in [5.41, 5.74) is 1.02. The molecule has 0 radical (unpaired) electrons. The zero-order valence-corrected chi connectivity index (χ0v) is 12.8. The number of aromatic hydroxyl groups is 1. The molecule has 0 unspecified atom stereocenters. The number of aromatic nitrogens is 1. The Labute approximate surface area is 129 Å². The Morgan fingerprint density at radius 1 is 1.48 bits per heavy atom. The quantitative estimate of drug-likeness (QED) is 0.403. The number of amides is 1. The van der Waals surface area contributed by atoms with Crippen molar-refractivity contribution in [1.29, 1.82) is 0 Å². The molecule has 1 rings (SSSR count). The first kappa shape index (κ1) is 16.8. The highest BCUT2D eigenvalue weighted by Gasteiger charge is 2.05. The van der Waals surface area contributed by atoms with Crippen molar-refractivity contribution in [3.05, 3.63) is 41.7 Å². The number of likely N-dealkylation sites (N-methyl/N-ethyl adjacent to an activating group) is 1. The molecule has 0 saturated heterocycles. The van der Waals surface area contributed by atoms with Gasteiger partial charge in [0, 0.05) is 19.5 Å². The highest BCUT2D eigenvalue weighted by atomic mass is 35.5. The van der Waals surface area contributed by atoms with Gasteiger partial charge in [-0.05, 0) is 23.8 Å². The molecule has 0 spiro atoms. The zero-order chi connectivity index (χ0) is 15.8. The highest BCUT2D eigenvalue weighted by molar-refractivity contribution is 6.30. The van der Waals surface area contributed by atoms with Crippen molar-refractivity contribution in [1.82, 2.24) is 9.88 Å². The number of carbonyl (C=O) groups excluding carboxylic acids is 1. The zero-order valence-electron chi connectivity index (χ0n) is 12.1. The topological polar surface area (TPSA) is 53.4 Å². The van der Waals surface area contributed by atoms with Gasteiger partial charge >= 0.3 is 0 Å². The standard InChI is InChI=1S/C16H17ClN2O2/c1-4-5-6-11-19(3)15(21)10-7-12(2)13-8-9-14(20)16(17)18-13/h7-10,20H,2,4,11H2,1,3H3/b10-7-. The fourth-order valence-corrected chi connectivity index (χ4v) is 1.52. The molecular formula is C16H17ClN2O2. The van der Waals surface area contributed by atoms with Gasteiger partial charge in [0.2, 0.25) is 5.91 Å². The summed E-state index contributed by atoms with van der Waals surface area (Å²) in [6.45, 7) is 6.15. The van der Waals surface area contributed by atoms with Crippen LogP contribution in [0.5, 0.6) is 5.75 Å². The second kappa shape index (κ2) is 8.13. The minimum atomic E-state index is -0.175. The van der Waals surface area contributed by atoms with E-state index in [4.69, 9.17) is 11.6 Å². The first-order valence-corrected chi connectivity index (χ1v) is 6.77. The van der Waals surface area contributed by atoms with Crippen LogP contribution < -0.4 is 0 Å². The fraction of sp³-hybridized carbons (Fsp3) is 0.250. The largest absolute Gasteiger partial charge is 0.505 e. The van der Waals surface area contributed by atoms with Gasteiger partial charge in [-0.1, -0.05) is 31.0 Å². The number of nitrogens with zero attached hydrogens (tertiary/aromatic N) is 2. The molecule has 0 aliphatic carbocycles. The Balaban J connectivity index is 2.68. The lowest BCUT2D eigenvalue weighted by Crippen LogP contribution is -2.24. The average Bonchev–Trinajstić information content (AvgIpc) is 2.47. The maximum atomic E-state index is 11.8. The Kier molecular flexibility index (Phi) is 6.51. The van der Waals surface area contributed by atoms with Gasteiger partial charge in [-0.2, -0.15) is 0 Å². The van der Waals surface area contributed by atoms with E-state index >= 15 is 0 Å². The summed E-state index contributed by atoms with van der Waals surface area (Å²) < 4.78 is 0. The van der Waals surface area contributed by atoms with Crippen LogP contribution in [0.2, 0.25) is 5.15 Å². The van der Waals surface area contributed by atoms with Gasteiger partial charge in [0.15, 0.2) is 10.9 Å². The van der Waals surface area contributed by atoms with Crippen molar-refractivity contribution >= 4 is 23.1 Å². The van der Waals surface area contributed by atoms with Crippen LogP contribution in [-0.2, 0) is 4.79 Å². The Hall–Kier alpha value is -2.25. The summed E-state index contributed by atoms with van der Waals surface area (Å²) in [6.07, 6.45) is 3.72. The van der Waals surface area contributed by atoms with Gasteiger partial charge in [0.05, 0.1) is 12.2 Å². The first-order chi connectivity index (χ1) is 9.95. The molecule has 1 N–H and O–H groups in total. The lowest BCUT2D eigenvalue weighted by molar-refractivity contribution is -0.124. The van der Waals surface area contributed by atoms with Crippen molar-refractivity contribution in [3.63, 3.8) is 0 Å². The van der Waals surface area contributed by atoms with E-state index in [2.05, 4.69) is 23.4 Å². The van der Waals surface area contributed by atoms with Gasteiger partial charge in [0.25, 0.3) is 0 Å². The number of rotatable bonds is 4. The van der Waals surface area contributed by atoms with Crippen molar-refractivity contribution in [3.8, 4) is 17.6 Å².